The highest BCUT2D eigenvalue weighted by atomic mass is 32.1. The molecule has 2 rings (SSSR count). The number of nitrogens with one attached hydrogen (secondary N) is 1. The Hall–Kier alpha value is -1.73. The Kier molecular flexibility index (Phi) is 3.73. The number of amides is 1. The quantitative estimate of drug-likeness (QED) is 0.854. The van der Waals surface area contributed by atoms with Gasteiger partial charge in [0.25, 0.3) is 0 Å². The Morgan fingerprint density at radius 2 is 2.39 bits per heavy atom. The Morgan fingerprint density at radius 3 is 2.94 bits per heavy atom. The normalized spacial score (nSPS) is 14.2. The average molecular weight is 265 g/mol. The first-order valence-electron chi connectivity index (χ1n) is 5.52. The Bertz CT molecular complexity index is 521. The molecule has 0 radical (unpaired) electrons. The lowest BCUT2D eigenvalue weighted by molar-refractivity contribution is -0.123. The van der Waals surface area contributed by atoms with Gasteiger partial charge in [-0.25, -0.2) is 4.98 Å². The first-order chi connectivity index (χ1) is 8.58. The third kappa shape index (κ3) is 2.74. The van der Waals surface area contributed by atoms with Gasteiger partial charge in [0.1, 0.15) is 11.0 Å². The fourth-order valence-corrected chi connectivity index (χ4v) is 2.21. The van der Waals surface area contributed by atoms with Crippen molar-refractivity contribution in [2.75, 3.05) is 0 Å². The standard InChI is InChI=1S/C11H15N5OS/c1-7(11-13-3-4-18-11)15-10(17)9(12)8-5-14-16(2)6-8/h3-7,9H,12H2,1-2H3,(H,15,17). The summed E-state index contributed by atoms with van der Waals surface area (Å²) in [6, 6.07) is -0.846. The molecule has 0 aliphatic carbocycles. The fraction of sp³-hybridized carbons (Fsp3) is 0.364. The van der Waals surface area contributed by atoms with Crippen LogP contribution in [-0.2, 0) is 11.8 Å². The first-order valence-corrected chi connectivity index (χ1v) is 6.40. The molecule has 0 bridgehead atoms. The first kappa shape index (κ1) is 12.7. The van der Waals surface area contributed by atoms with E-state index < -0.39 is 6.04 Å². The number of aromatic nitrogens is 3. The minimum absolute atomic E-state index is 0.139. The van der Waals surface area contributed by atoms with E-state index in [9.17, 15) is 4.79 Å². The molecular formula is C11H15N5OS. The molecule has 7 heteroatoms. The van der Waals surface area contributed by atoms with Crippen LogP contribution in [0.25, 0.3) is 0 Å². The zero-order chi connectivity index (χ0) is 13.1. The lowest BCUT2D eigenvalue weighted by Crippen LogP contribution is -2.35. The maximum atomic E-state index is 12.0. The molecule has 0 aliphatic rings. The summed E-state index contributed by atoms with van der Waals surface area (Å²) in [6.07, 6.45) is 5.04. The van der Waals surface area contributed by atoms with E-state index >= 15 is 0 Å². The molecule has 2 unspecified atom stereocenters. The predicted molar refractivity (Wildman–Crippen MR) is 68.8 cm³/mol. The van der Waals surface area contributed by atoms with Crippen molar-refractivity contribution in [1.82, 2.24) is 20.1 Å². The topological polar surface area (TPSA) is 85.8 Å². The van der Waals surface area contributed by atoms with E-state index in [1.54, 1.807) is 30.3 Å². The summed E-state index contributed by atoms with van der Waals surface area (Å²) in [4.78, 5) is 16.1. The van der Waals surface area contributed by atoms with Gasteiger partial charge in [0.15, 0.2) is 0 Å². The van der Waals surface area contributed by atoms with Crippen molar-refractivity contribution in [1.29, 1.82) is 0 Å². The molecule has 18 heavy (non-hydrogen) atoms. The van der Waals surface area contributed by atoms with Crippen LogP contribution >= 0.6 is 11.3 Å². The van der Waals surface area contributed by atoms with E-state index in [1.807, 2.05) is 12.3 Å². The predicted octanol–water partition coefficient (Wildman–Crippen LogP) is 0.754. The maximum absolute atomic E-state index is 12.0. The van der Waals surface area contributed by atoms with Gasteiger partial charge in [-0.2, -0.15) is 5.10 Å². The van der Waals surface area contributed by atoms with Crippen LogP contribution in [0.4, 0.5) is 0 Å². The van der Waals surface area contributed by atoms with E-state index in [-0.39, 0.29) is 11.9 Å². The summed E-state index contributed by atoms with van der Waals surface area (Å²) < 4.78 is 1.62. The number of thiazole rings is 1. The highest BCUT2D eigenvalue weighted by Crippen LogP contribution is 2.16. The molecule has 2 aromatic rings. The molecular weight excluding hydrogens is 250 g/mol. The van der Waals surface area contributed by atoms with E-state index in [0.717, 1.165) is 5.01 Å². The van der Waals surface area contributed by atoms with Crippen LogP contribution in [0.5, 0.6) is 0 Å². The zero-order valence-corrected chi connectivity index (χ0v) is 11.0. The molecule has 2 heterocycles. The molecule has 0 fully saturated rings. The number of carbonyl (C=O) groups is 1. The number of rotatable bonds is 4. The summed E-state index contributed by atoms with van der Waals surface area (Å²) >= 11 is 1.50. The van der Waals surface area contributed by atoms with Crippen LogP contribution in [0.15, 0.2) is 24.0 Å². The number of hydrogen-bond acceptors (Lipinski definition) is 5. The van der Waals surface area contributed by atoms with Crippen molar-refractivity contribution in [3.8, 4) is 0 Å². The van der Waals surface area contributed by atoms with Crippen LogP contribution in [-0.4, -0.2) is 20.7 Å². The highest BCUT2D eigenvalue weighted by Gasteiger charge is 2.20. The van der Waals surface area contributed by atoms with Gasteiger partial charge in [0.05, 0.1) is 12.2 Å². The summed E-state index contributed by atoms with van der Waals surface area (Å²) in [5, 5.41) is 9.57. The van der Waals surface area contributed by atoms with E-state index in [1.165, 1.54) is 11.3 Å². The van der Waals surface area contributed by atoms with Crippen molar-refractivity contribution >= 4 is 17.2 Å². The Morgan fingerprint density at radius 1 is 1.61 bits per heavy atom. The molecule has 0 saturated carbocycles. The zero-order valence-electron chi connectivity index (χ0n) is 10.2. The van der Waals surface area contributed by atoms with Gasteiger partial charge in [-0.05, 0) is 6.92 Å². The fourth-order valence-electron chi connectivity index (χ4n) is 1.57. The molecule has 96 valence electrons. The maximum Gasteiger partial charge on any atom is 0.242 e. The van der Waals surface area contributed by atoms with Gasteiger partial charge in [-0.15, -0.1) is 11.3 Å². The van der Waals surface area contributed by atoms with Crippen molar-refractivity contribution in [2.45, 2.75) is 19.0 Å². The van der Waals surface area contributed by atoms with Gasteiger partial charge in [0.2, 0.25) is 5.91 Å². The second-order valence-electron chi connectivity index (χ2n) is 4.03. The second-order valence-corrected chi connectivity index (χ2v) is 4.95. The third-order valence-corrected chi connectivity index (χ3v) is 3.51. The van der Waals surface area contributed by atoms with Crippen LogP contribution in [0.1, 0.15) is 29.6 Å². The smallest absolute Gasteiger partial charge is 0.242 e. The SMILES string of the molecule is CC(NC(=O)C(N)c1cnn(C)c1)c1nccs1. The lowest BCUT2D eigenvalue weighted by Gasteiger charge is -2.14. The van der Waals surface area contributed by atoms with Gasteiger partial charge in [-0.1, -0.05) is 0 Å². The summed E-state index contributed by atoms with van der Waals surface area (Å²) in [5.41, 5.74) is 6.57. The molecule has 3 N–H and O–H groups in total. The van der Waals surface area contributed by atoms with Gasteiger partial charge in [0, 0.05) is 30.4 Å². The minimum atomic E-state index is -0.707. The van der Waals surface area contributed by atoms with Crippen LogP contribution < -0.4 is 11.1 Å². The second kappa shape index (κ2) is 5.28. The van der Waals surface area contributed by atoms with Gasteiger partial charge >= 0.3 is 0 Å². The molecule has 0 saturated heterocycles. The van der Waals surface area contributed by atoms with Crippen molar-refractivity contribution in [2.24, 2.45) is 12.8 Å². The lowest BCUT2D eigenvalue weighted by atomic mass is 10.1. The molecule has 0 spiro atoms. The number of carbonyl (C=O) groups excluding carboxylic acids is 1. The molecule has 2 aromatic heterocycles. The van der Waals surface area contributed by atoms with Crippen molar-refractivity contribution < 1.29 is 4.79 Å². The third-order valence-electron chi connectivity index (χ3n) is 2.55. The van der Waals surface area contributed by atoms with Crippen LogP contribution in [0.2, 0.25) is 0 Å². The number of hydrogen-bond donors (Lipinski definition) is 2. The van der Waals surface area contributed by atoms with Crippen molar-refractivity contribution in [3.05, 3.63) is 34.5 Å². The Balaban J connectivity index is 1.99. The van der Waals surface area contributed by atoms with Gasteiger partial charge in [-0.3, -0.25) is 9.48 Å². The average Bonchev–Trinajstić information content (AvgIpc) is 2.98. The largest absolute Gasteiger partial charge is 0.345 e. The van der Waals surface area contributed by atoms with E-state index in [0.29, 0.717) is 5.56 Å². The van der Waals surface area contributed by atoms with E-state index in [2.05, 4.69) is 15.4 Å². The van der Waals surface area contributed by atoms with Crippen LogP contribution in [0, 0.1) is 0 Å². The number of aryl methyl sites for hydroxylation is 1. The monoisotopic (exact) mass is 265 g/mol. The molecule has 1 amide bonds. The molecule has 2 atom stereocenters. The molecule has 0 aliphatic heterocycles. The summed E-state index contributed by atoms with van der Waals surface area (Å²) in [5.74, 6) is -0.231. The minimum Gasteiger partial charge on any atom is -0.345 e. The molecule has 6 nitrogen and oxygen atoms in total. The number of nitrogens with zero attached hydrogens (tertiary/aromatic N) is 3. The summed E-state index contributed by atoms with van der Waals surface area (Å²) in [7, 11) is 1.78. The van der Waals surface area contributed by atoms with E-state index in [4.69, 9.17) is 5.73 Å². The van der Waals surface area contributed by atoms with Gasteiger partial charge < -0.3 is 11.1 Å². The summed E-state index contributed by atoms with van der Waals surface area (Å²) in [6.45, 7) is 1.88. The molecule has 0 aromatic carbocycles. The Labute approximate surface area is 109 Å². The van der Waals surface area contributed by atoms with Crippen molar-refractivity contribution in [3.63, 3.8) is 0 Å². The number of nitrogens with two attached hydrogens (primary N) is 1. The highest BCUT2D eigenvalue weighted by molar-refractivity contribution is 7.09. The van der Waals surface area contributed by atoms with Crippen LogP contribution in [0.3, 0.4) is 0 Å².